The van der Waals surface area contributed by atoms with Crippen molar-refractivity contribution in [1.29, 1.82) is 0 Å². The van der Waals surface area contributed by atoms with Gasteiger partial charge in [-0.3, -0.25) is 7.91 Å². The monoisotopic (exact) mass is 239 g/mol. The molecule has 1 heterocycles. The summed E-state index contributed by atoms with van der Waals surface area (Å²) in [6.45, 7) is 3.11. The number of hydrogen-bond acceptors (Lipinski definition) is 1. The molecule has 0 aromatic heterocycles. The van der Waals surface area contributed by atoms with Gasteiger partial charge in [0.15, 0.2) is 0 Å². The summed E-state index contributed by atoms with van der Waals surface area (Å²) in [7, 11) is 0. The Bertz CT molecular complexity index is 126. The third kappa shape index (κ3) is 1.81. The fraction of sp³-hybridized carbons (Fsp3) is 0.833. The van der Waals surface area contributed by atoms with Crippen LogP contribution in [-0.4, -0.2) is 15.6 Å². The normalized spacial score (nSPS) is 28.9. The van der Waals surface area contributed by atoms with Gasteiger partial charge in [-0.05, 0) is 12.3 Å². The molecule has 1 unspecified atom stereocenters. The predicted octanol–water partition coefficient (Wildman–Crippen LogP) is 1.59. The number of carbonyl (C=O) groups is 1. The van der Waals surface area contributed by atoms with Crippen LogP contribution in [0, 0.1) is 5.92 Å². The molecular weight excluding hydrogens is 229 g/mol. The van der Waals surface area contributed by atoms with Crippen LogP contribution < -0.4 is 0 Å². The van der Waals surface area contributed by atoms with Crippen molar-refractivity contribution in [2.24, 2.45) is 5.92 Å². The number of carbonyl (C=O) groups excluding carboxylic acids is 1. The molecule has 9 heavy (non-hydrogen) atoms. The zero-order valence-electron chi connectivity index (χ0n) is 5.43. The molecule has 0 saturated carbocycles. The van der Waals surface area contributed by atoms with Crippen molar-refractivity contribution >= 4 is 28.8 Å². The van der Waals surface area contributed by atoms with E-state index in [1.54, 1.807) is 3.11 Å². The lowest BCUT2D eigenvalue weighted by atomic mass is 10.0. The largest absolute Gasteiger partial charge is 0.285 e. The second-order valence-electron chi connectivity index (χ2n) is 2.58. The van der Waals surface area contributed by atoms with E-state index in [9.17, 15) is 4.79 Å². The lowest BCUT2D eigenvalue weighted by molar-refractivity contribution is -0.127. The molecule has 3 heteroatoms. The number of hydrogen-bond donors (Lipinski definition) is 0. The van der Waals surface area contributed by atoms with Gasteiger partial charge in [0.1, 0.15) is 0 Å². The summed E-state index contributed by atoms with van der Waals surface area (Å²) in [5.74, 6) is 0.980. The molecule has 52 valence electrons. The average Bonchev–Trinajstić information content (AvgIpc) is 1.80. The predicted molar refractivity (Wildman–Crippen MR) is 44.1 cm³/mol. The summed E-state index contributed by atoms with van der Waals surface area (Å²) in [6, 6.07) is 0. The van der Waals surface area contributed by atoms with Gasteiger partial charge in [-0.25, -0.2) is 0 Å². The number of piperidine rings is 1. The first-order valence-corrected chi connectivity index (χ1v) is 4.13. The summed E-state index contributed by atoms with van der Waals surface area (Å²) in [5, 5.41) is 0. The van der Waals surface area contributed by atoms with E-state index in [4.69, 9.17) is 0 Å². The number of nitrogens with zero attached hydrogens (tertiary/aromatic N) is 1. The summed E-state index contributed by atoms with van der Waals surface area (Å²) in [4.78, 5) is 10.9. The number of amides is 1. The highest BCUT2D eigenvalue weighted by molar-refractivity contribution is 14.1. The van der Waals surface area contributed by atoms with E-state index in [2.05, 4.69) is 29.8 Å². The van der Waals surface area contributed by atoms with Crippen LogP contribution in [0.2, 0.25) is 0 Å². The second kappa shape index (κ2) is 2.86. The smallest absolute Gasteiger partial charge is 0.231 e. The molecule has 0 spiro atoms. The van der Waals surface area contributed by atoms with Gasteiger partial charge in [0.25, 0.3) is 0 Å². The minimum absolute atomic E-state index is 0.286. The first-order chi connectivity index (χ1) is 4.20. The zero-order chi connectivity index (χ0) is 6.85. The molecule has 0 bridgehead atoms. The van der Waals surface area contributed by atoms with Gasteiger partial charge in [-0.1, -0.05) is 6.92 Å². The molecule has 1 aliphatic rings. The first kappa shape index (κ1) is 7.31. The van der Waals surface area contributed by atoms with Crippen LogP contribution in [0.5, 0.6) is 0 Å². The molecule has 1 atom stereocenters. The van der Waals surface area contributed by atoms with Crippen molar-refractivity contribution < 1.29 is 4.79 Å². The molecule has 1 saturated heterocycles. The van der Waals surface area contributed by atoms with E-state index in [0.717, 1.165) is 19.4 Å². The SMILES string of the molecule is CC1CCC(=O)N(I)C1. The summed E-state index contributed by atoms with van der Waals surface area (Å²) >= 11 is 2.08. The summed E-state index contributed by atoms with van der Waals surface area (Å²) < 4.78 is 1.78. The van der Waals surface area contributed by atoms with E-state index < -0.39 is 0 Å². The van der Waals surface area contributed by atoms with Crippen molar-refractivity contribution in [1.82, 2.24) is 3.11 Å². The summed E-state index contributed by atoms with van der Waals surface area (Å²) in [5.41, 5.74) is 0. The van der Waals surface area contributed by atoms with Gasteiger partial charge in [0.05, 0.1) is 22.9 Å². The van der Waals surface area contributed by atoms with Crippen molar-refractivity contribution in [3.63, 3.8) is 0 Å². The quantitative estimate of drug-likeness (QED) is 0.464. The Morgan fingerprint density at radius 3 is 2.89 bits per heavy atom. The lowest BCUT2D eigenvalue weighted by Crippen LogP contribution is -2.31. The molecule has 0 aliphatic carbocycles. The van der Waals surface area contributed by atoms with Crippen molar-refractivity contribution in [3.05, 3.63) is 0 Å². The molecule has 1 amide bonds. The molecule has 0 radical (unpaired) electrons. The van der Waals surface area contributed by atoms with E-state index in [0.29, 0.717) is 5.92 Å². The van der Waals surface area contributed by atoms with E-state index in [-0.39, 0.29) is 5.91 Å². The molecule has 2 nitrogen and oxygen atoms in total. The topological polar surface area (TPSA) is 20.3 Å². The molecule has 1 fully saturated rings. The molecular formula is C6H10INO. The maximum atomic E-state index is 10.9. The van der Waals surface area contributed by atoms with Gasteiger partial charge in [0, 0.05) is 13.0 Å². The fourth-order valence-electron chi connectivity index (χ4n) is 0.958. The van der Waals surface area contributed by atoms with Gasteiger partial charge in [-0.15, -0.1) is 0 Å². The number of halogens is 1. The second-order valence-corrected chi connectivity index (χ2v) is 3.75. The van der Waals surface area contributed by atoms with Crippen LogP contribution in [0.25, 0.3) is 0 Å². The van der Waals surface area contributed by atoms with Crippen LogP contribution in [0.4, 0.5) is 0 Å². The van der Waals surface area contributed by atoms with Crippen LogP contribution in [0.15, 0.2) is 0 Å². The Morgan fingerprint density at radius 2 is 2.44 bits per heavy atom. The van der Waals surface area contributed by atoms with E-state index >= 15 is 0 Å². The highest BCUT2D eigenvalue weighted by Gasteiger charge is 2.20. The van der Waals surface area contributed by atoms with Gasteiger partial charge in [-0.2, -0.15) is 0 Å². The minimum Gasteiger partial charge on any atom is -0.285 e. The third-order valence-corrected chi connectivity index (χ3v) is 2.53. The zero-order valence-corrected chi connectivity index (χ0v) is 7.59. The lowest BCUT2D eigenvalue weighted by Gasteiger charge is -2.24. The standard InChI is InChI=1S/C6H10INO/c1-5-2-3-6(9)8(7)4-5/h5H,2-4H2,1H3. The Balaban J connectivity index is 2.44. The van der Waals surface area contributed by atoms with Crippen LogP contribution >= 0.6 is 22.9 Å². The highest BCUT2D eigenvalue weighted by Crippen LogP contribution is 2.19. The number of rotatable bonds is 0. The Hall–Kier alpha value is 0.200. The molecule has 1 rings (SSSR count). The first-order valence-electron chi connectivity index (χ1n) is 3.16. The maximum absolute atomic E-state index is 10.9. The Labute approximate surface area is 69.1 Å². The van der Waals surface area contributed by atoms with E-state index in [1.165, 1.54) is 0 Å². The molecule has 1 aliphatic heterocycles. The van der Waals surface area contributed by atoms with Crippen molar-refractivity contribution in [2.45, 2.75) is 19.8 Å². The van der Waals surface area contributed by atoms with Crippen molar-refractivity contribution in [2.75, 3.05) is 6.54 Å². The summed E-state index contributed by atoms with van der Waals surface area (Å²) in [6.07, 6.45) is 1.81. The van der Waals surface area contributed by atoms with Gasteiger partial charge < -0.3 is 0 Å². The molecule has 0 aromatic rings. The van der Waals surface area contributed by atoms with Gasteiger partial charge >= 0.3 is 0 Å². The average molecular weight is 239 g/mol. The van der Waals surface area contributed by atoms with Crippen LogP contribution in [-0.2, 0) is 4.79 Å². The maximum Gasteiger partial charge on any atom is 0.231 e. The molecule has 0 aromatic carbocycles. The Kier molecular flexibility index (Phi) is 2.32. The van der Waals surface area contributed by atoms with Gasteiger partial charge in [0.2, 0.25) is 5.91 Å². The van der Waals surface area contributed by atoms with Crippen LogP contribution in [0.3, 0.4) is 0 Å². The Morgan fingerprint density at radius 1 is 1.78 bits per heavy atom. The van der Waals surface area contributed by atoms with Crippen molar-refractivity contribution in [3.8, 4) is 0 Å². The molecule has 0 N–H and O–H groups in total. The fourth-order valence-corrected chi connectivity index (χ4v) is 1.87. The highest BCUT2D eigenvalue weighted by atomic mass is 127. The third-order valence-electron chi connectivity index (χ3n) is 1.59. The van der Waals surface area contributed by atoms with Crippen LogP contribution in [0.1, 0.15) is 19.8 Å². The van der Waals surface area contributed by atoms with E-state index in [1.807, 2.05) is 0 Å². The minimum atomic E-state index is 0.286.